The van der Waals surface area contributed by atoms with E-state index in [0.29, 0.717) is 29.5 Å². The Labute approximate surface area is 190 Å². The number of hydrogen-bond acceptors (Lipinski definition) is 5. The van der Waals surface area contributed by atoms with E-state index in [2.05, 4.69) is 5.32 Å². The Balaban J connectivity index is 1.59. The molecular weight excluding hydrogens is 458 g/mol. The number of nitrogens with zero attached hydrogens (tertiary/aromatic N) is 2. The van der Waals surface area contributed by atoms with E-state index in [9.17, 15) is 18.0 Å². The summed E-state index contributed by atoms with van der Waals surface area (Å²) in [6.45, 7) is 0.782. The van der Waals surface area contributed by atoms with Crippen molar-refractivity contribution in [3.05, 3.63) is 47.5 Å². The van der Waals surface area contributed by atoms with Crippen LogP contribution in [0, 0.1) is 0 Å². The van der Waals surface area contributed by atoms with Crippen molar-refractivity contribution in [2.24, 2.45) is 0 Å². The molecule has 0 unspecified atom stereocenters. The first-order chi connectivity index (χ1) is 14.8. The highest BCUT2D eigenvalue weighted by atomic mass is 35.5. The van der Waals surface area contributed by atoms with E-state index in [0.717, 1.165) is 24.2 Å². The van der Waals surface area contributed by atoms with Crippen molar-refractivity contribution >= 4 is 56.6 Å². The molecular formula is C21H22ClN3O4S2. The molecule has 0 aromatic heterocycles. The summed E-state index contributed by atoms with van der Waals surface area (Å²) in [7, 11) is -3.65. The third-order valence-electron chi connectivity index (χ3n) is 5.24. The Morgan fingerprint density at radius 1 is 1.10 bits per heavy atom. The van der Waals surface area contributed by atoms with Gasteiger partial charge in [-0.05, 0) is 49.2 Å². The Hall–Kier alpha value is -2.07. The highest BCUT2D eigenvalue weighted by molar-refractivity contribution is 8.00. The molecule has 1 saturated heterocycles. The molecule has 0 atom stereocenters. The number of fused-ring (bicyclic) bond motifs is 1. The molecule has 2 aromatic rings. The third-order valence-corrected chi connectivity index (χ3v) is 8.41. The molecule has 0 saturated carbocycles. The molecule has 164 valence electrons. The van der Waals surface area contributed by atoms with Gasteiger partial charge in [-0.3, -0.25) is 9.59 Å². The van der Waals surface area contributed by atoms with Gasteiger partial charge in [0.15, 0.2) is 0 Å². The fourth-order valence-corrected chi connectivity index (χ4v) is 6.32. The van der Waals surface area contributed by atoms with Crippen molar-refractivity contribution in [1.82, 2.24) is 4.31 Å². The SMILES string of the molecule is O=C(CN1C(=O)CSc2ccc(S(=O)(=O)N3CCCCC3)cc21)Nc1cccc(Cl)c1. The summed E-state index contributed by atoms with van der Waals surface area (Å²) in [5, 5.41) is 3.21. The fourth-order valence-electron chi connectivity index (χ4n) is 3.68. The highest BCUT2D eigenvalue weighted by Gasteiger charge is 2.31. The summed E-state index contributed by atoms with van der Waals surface area (Å²) in [5.74, 6) is -0.445. The van der Waals surface area contributed by atoms with Crippen LogP contribution in [-0.4, -0.2) is 49.9 Å². The molecule has 31 heavy (non-hydrogen) atoms. The van der Waals surface area contributed by atoms with Gasteiger partial charge >= 0.3 is 0 Å². The van der Waals surface area contributed by atoms with Gasteiger partial charge in [-0.1, -0.05) is 24.1 Å². The topological polar surface area (TPSA) is 86.8 Å². The minimum Gasteiger partial charge on any atom is -0.324 e. The van der Waals surface area contributed by atoms with Gasteiger partial charge in [-0.25, -0.2) is 8.42 Å². The average molecular weight is 480 g/mol. The van der Waals surface area contributed by atoms with Crippen molar-refractivity contribution in [2.75, 3.05) is 35.6 Å². The number of hydrogen-bond donors (Lipinski definition) is 1. The maximum absolute atomic E-state index is 13.1. The lowest BCUT2D eigenvalue weighted by Crippen LogP contribution is -2.41. The van der Waals surface area contributed by atoms with Crippen molar-refractivity contribution in [1.29, 1.82) is 0 Å². The zero-order chi connectivity index (χ0) is 22.0. The van der Waals surface area contributed by atoms with Gasteiger partial charge in [-0.15, -0.1) is 11.8 Å². The number of sulfonamides is 1. The quantitative estimate of drug-likeness (QED) is 0.708. The number of carbonyl (C=O) groups excluding carboxylic acids is 2. The molecule has 1 fully saturated rings. The van der Waals surface area contributed by atoms with Gasteiger partial charge in [0.1, 0.15) is 6.54 Å². The second-order valence-electron chi connectivity index (χ2n) is 7.42. The van der Waals surface area contributed by atoms with E-state index in [1.165, 1.54) is 27.0 Å². The van der Waals surface area contributed by atoms with Gasteiger partial charge in [0, 0.05) is 28.7 Å². The number of amides is 2. The zero-order valence-electron chi connectivity index (χ0n) is 16.7. The molecule has 4 rings (SSSR count). The number of nitrogens with one attached hydrogen (secondary N) is 1. The van der Waals surface area contributed by atoms with E-state index in [1.54, 1.807) is 36.4 Å². The monoisotopic (exact) mass is 479 g/mol. The van der Waals surface area contributed by atoms with Crippen molar-refractivity contribution in [3.63, 3.8) is 0 Å². The summed E-state index contributed by atoms with van der Waals surface area (Å²) in [4.78, 5) is 27.5. The van der Waals surface area contributed by atoms with Crippen LogP contribution in [0.15, 0.2) is 52.3 Å². The van der Waals surface area contributed by atoms with Crippen LogP contribution in [0.1, 0.15) is 19.3 Å². The van der Waals surface area contributed by atoms with Crippen LogP contribution < -0.4 is 10.2 Å². The Bertz CT molecular complexity index is 1120. The number of rotatable bonds is 5. The highest BCUT2D eigenvalue weighted by Crippen LogP contribution is 2.37. The Morgan fingerprint density at radius 2 is 1.87 bits per heavy atom. The number of anilines is 2. The lowest BCUT2D eigenvalue weighted by atomic mass is 10.2. The summed E-state index contributed by atoms with van der Waals surface area (Å²) >= 11 is 7.29. The van der Waals surface area contributed by atoms with Crippen LogP contribution in [0.5, 0.6) is 0 Å². The number of halogens is 1. The average Bonchev–Trinajstić information content (AvgIpc) is 2.76. The molecule has 2 amide bonds. The van der Waals surface area contributed by atoms with Crippen molar-refractivity contribution < 1.29 is 18.0 Å². The molecule has 7 nitrogen and oxygen atoms in total. The van der Waals surface area contributed by atoms with E-state index in [-0.39, 0.29) is 23.1 Å². The third kappa shape index (κ3) is 4.90. The molecule has 10 heteroatoms. The van der Waals surface area contributed by atoms with E-state index >= 15 is 0 Å². The fraction of sp³-hybridized carbons (Fsp3) is 0.333. The molecule has 2 aromatic carbocycles. The van der Waals surface area contributed by atoms with E-state index in [4.69, 9.17) is 11.6 Å². The van der Waals surface area contributed by atoms with Gasteiger partial charge in [-0.2, -0.15) is 4.31 Å². The van der Waals surface area contributed by atoms with Gasteiger partial charge in [0.05, 0.1) is 16.3 Å². The smallest absolute Gasteiger partial charge is 0.244 e. The zero-order valence-corrected chi connectivity index (χ0v) is 19.1. The van der Waals surface area contributed by atoms with Crippen LogP contribution in [-0.2, 0) is 19.6 Å². The first kappa shape index (κ1) is 22.1. The van der Waals surface area contributed by atoms with Crippen LogP contribution in [0.25, 0.3) is 0 Å². The number of benzene rings is 2. The standard InChI is InChI=1S/C21H22ClN3O4S2/c22-15-5-4-6-16(11-15)23-20(26)13-25-18-12-17(7-8-19(18)30-14-21(25)27)31(28,29)24-9-2-1-3-10-24/h4-8,11-12H,1-3,9-10,13-14H2,(H,23,26). The molecule has 0 spiro atoms. The first-order valence-corrected chi connectivity index (χ1v) is 12.8. The molecule has 2 heterocycles. The van der Waals surface area contributed by atoms with Crippen LogP contribution in [0.4, 0.5) is 11.4 Å². The minimum atomic E-state index is -3.65. The summed E-state index contributed by atoms with van der Waals surface area (Å²) in [5.41, 5.74) is 0.971. The molecule has 2 aliphatic rings. The molecule has 0 bridgehead atoms. The number of thioether (sulfide) groups is 1. The van der Waals surface area contributed by atoms with Crippen molar-refractivity contribution in [3.8, 4) is 0 Å². The predicted octanol–water partition coefficient (Wildman–Crippen LogP) is 3.59. The Kier molecular flexibility index (Phi) is 6.57. The first-order valence-electron chi connectivity index (χ1n) is 9.97. The lowest BCUT2D eigenvalue weighted by molar-refractivity contribution is -0.120. The maximum atomic E-state index is 13.1. The van der Waals surface area contributed by atoms with Gasteiger partial charge in [0.25, 0.3) is 0 Å². The van der Waals surface area contributed by atoms with Crippen molar-refractivity contribution in [2.45, 2.75) is 29.1 Å². The van der Waals surface area contributed by atoms with Crippen LogP contribution in [0.2, 0.25) is 5.02 Å². The largest absolute Gasteiger partial charge is 0.324 e. The second-order valence-corrected chi connectivity index (χ2v) is 10.8. The minimum absolute atomic E-state index is 0.142. The lowest BCUT2D eigenvalue weighted by Gasteiger charge is -2.30. The van der Waals surface area contributed by atoms with Gasteiger partial charge < -0.3 is 10.2 Å². The normalized spacial score (nSPS) is 17.3. The summed E-state index contributed by atoms with van der Waals surface area (Å²) in [6.07, 6.45) is 2.71. The van der Waals surface area contributed by atoms with Gasteiger partial charge in [0.2, 0.25) is 21.8 Å². The molecule has 0 radical (unpaired) electrons. The molecule has 2 aliphatic heterocycles. The maximum Gasteiger partial charge on any atom is 0.244 e. The molecule has 1 N–H and O–H groups in total. The van der Waals surface area contributed by atoms with E-state index in [1.807, 2.05) is 0 Å². The summed E-state index contributed by atoms with van der Waals surface area (Å²) < 4.78 is 27.7. The molecule has 0 aliphatic carbocycles. The second kappa shape index (κ2) is 9.20. The Morgan fingerprint density at radius 3 is 2.61 bits per heavy atom. The predicted molar refractivity (Wildman–Crippen MR) is 122 cm³/mol. The van der Waals surface area contributed by atoms with Crippen LogP contribution >= 0.6 is 23.4 Å². The number of piperidine rings is 1. The number of carbonyl (C=O) groups is 2. The van der Waals surface area contributed by atoms with E-state index < -0.39 is 15.9 Å². The summed E-state index contributed by atoms with van der Waals surface area (Å²) in [6, 6.07) is 11.5. The van der Waals surface area contributed by atoms with Crippen LogP contribution in [0.3, 0.4) is 0 Å².